The van der Waals surface area contributed by atoms with Crippen molar-refractivity contribution in [2.24, 2.45) is 0 Å². The van der Waals surface area contributed by atoms with Crippen LogP contribution in [0.2, 0.25) is 5.02 Å². The van der Waals surface area contributed by atoms with Crippen LogP contribution in [0.4, 0.5) is 4.39 Å². The number of aromatic nitrogens is 3. The largest absolute Gasteiger partial charge is 0.464 e. The maximum absolute atomic E-state index is 14.3. The van der Waals surface area contributed by atoms with Crippen molar-refractivity contribution in [3.05, 3.63) is 95.0 Å². The van der Waals surface area contributed by atoms with Gasteiger partial charge in [-0.05, 0) is 54.4 Å². The lowest BCUT2D eigenvalue weighted by molar-refractivity contribution is -0.154. The Morgan fingerprint density at radius 1 is 1.13 bits per heavy atom. The average molecular weight is 538 g/mol. The standard InChI is InChI=1S/C27H25ClFN5O4/c1-2-38-27(37)25(35)16-34(33-26(36)24-14-23(31-32-24)22-5-3-4-12-30-22)15-17-6-8-18(9-7-17)20-13-19(28)10-11-21(20)29/h3-14,25,35H,2,15-16H2,1H3,(H,31,32)(H,33,36)/t25-/m1/s1. The highest BCUT2D eigenvalue weighted by atomic mass is 35.5. The third kappa shape index (κ3) is 6.80. The number of nitrogens with one attached hydrogen (secondary N) is 2. The van der Waals surface area contributed by atoms with Crippen LogP contribution in [0.15, 0.2) is 72.9 Å². The Morgan fingerprint density at radius 2 is 1.92 bits per heavy atom. The zero-order valence-electron chi connectivity index (χ0n) is 20.4. The van der Waals surface area contributed by atoms with E-state index in [0.717, 1.165) is 5.56 Å². The molecule has 0 spiro atoms. The number of rotatable bonds is 10. The minimum Gasteiger partial charge on any atom is -0.464 e. The molecular formula is C27H25ClFN5O4. The Balaban J connectivity index is 1.51. The van der Waals surface area contributed by atoms with E-state index in [4.69, 9.17) is 16.3 Å². The van der Waals surface area contributed by atoms with Crippen molar-refractivity contribution in [1.82, 2.24) is 25.6 Å². The Bertz CT molecular complexity index is 1400. The predicted octanol–water partition coefficient (Wildman–Crippen LogP) is 4.00. The van der Waals surface area contributed by atoms with Crippen molar-refractivity contribution in [2.45, 2.75) is 19.6 Å². The maximum Gasteiger partial charge on any atom is 0.336 e. The number of amides is 1. The molecule has 2 aromatic carbocycles. The molecule has 0 aliphatic heterocycles. The van der Waals surface area contributed by atoms with Gasteiger partial charge in [-0.2, -0.15) is 5.10 Å². The number of carbonyl (C=O) groups excluding carboxylic acids is 2. The van der Waals surface area contributed by atoms with Crippen LogP contribution >= 0.6 is 11.6 Å². The highest BCUT2D eigenvalue weighted by molar-refractivity contribution is 6.30. The number of hydrogen-bond acceptors (Lipinski definition) is 7. The van der Waals surface area contributed by atoms with Gasteiger partial charge in [-0.25, -0.2) is 14.2 Å². The molecule has 3 N–H and O–H groups in total. The number of aliphatic hydroxyl groups excluding tert-OH is 1. The minimum atomic E-state index is -1.50. The summed E-state index contributed by atoms with van der Waals surface area (Å²) in [6, 6.07) is 18.2. The zero-order chi connectivity index (χ0) is 27.1. The molecule has 0 saturated heterocycles. The smallest absolute Gasteiger partial charge is 0.336 e. The molecule has 1 amide bonds. The number of halogens is 2. The molecule has 11 heteroatoms. The van der Waals surface area contributed by atoms with Gasteiger partial charge in [0.2, 0.25) is 0 Å². The average Bonchev–Trinajstić information content (AvgIpc) is 3.42. The van der Waals surface area contributed by atoms with E-state index in [2.05, 4.69) is 20.6 Å². The first-order valence-corrected chi connectivity index (χ1v) is 12.1. The van der Waals surface area contributed by atoms with E-state index < -0.39 is 23.8 Å². The van der Waals surface area contributed by atoms with Crippen LogP contribution in [0.5, 0.6) is 0 Å². The summed E-state index contributed by atoms with van der Waals surface area (Å²) in [5, 5.41) is 18.9. The van der Waals surface area contributed by atoms with Crippen LogP contribution in [0.25, 0.3) is 22.5 Å². The molecule has 0 fully saturated rings. The molecule has 0 radical (unpaired) electrons. The predicted molar refractivity (Wildman–Crippen MR) is 139 cm³/mol. The van der Waals surface area contributed by atoms with E-state index in [1.165, 1.54) is 23.2 Å². The third-order valence-electron chi connectivity index (χ3n) is 5.53. The molecule has 0 aliphatic carbocycles. The molecule has 2 aromatic heterocycles. The number of aromatic amines is 1. The SMILES string of the molecule is CCOC(=O)[C@H](O)CN(Cc1ccc(-c2cc(Cl)ccc2F)cc1)NC(=O)c1cc(-c2ccccn2)n[nH]1. The summed E-state index contributed by atoms with van der Waals surface area (Å²) in [6.45, 7) is 1.62. The van der Waals surface area contributed by atoms with Crippen molar-refractivity contribution >= 4 is 23.5 Å². The summed E-state index contributed by atoms with van der Waals surface area (Å²) in [7, 11) is 0. The fourth-order valence-electron chi connectivity index (χ4n) is 3.69. The molecule has 0 saturated carbocycles. The van der Waals surface area contributed by atoms with E-state index in [0.29, 0.717) is 27.5 Å². The lowest BCUT2D eigenvalue weighted by Crippen LogP contribution is -2.47. The number of hydrogen-bond donors (Lipinski definition) is 3. The van der Waals surface area contributed by atoms with Gasteiger partial charge < -0.3 is 9.84 Å². The number of nitrogens with zero attached hydrogens (tertiary/aromatic N) is 3. The molecule has 1 atom stereocenters. The molecule has 196 valence electrons. The van der Waals surface area contributed by atoms with Crippen LogP contribution in [0.1, 0.15) is 23.0 Å². The van der Waals surface area contributed by atoms with E-state index in [9.17, 15) is 19.1 Å². The summed E-state index contributed by atoms with van der Waals surface area (Å²) in [5.41, 5.74) is 5.64. The normalized spacial score (nSPS) is 11.8. The summed E-state index contributed by atoms with van der Waals surface area (Å²) in [4.78, 5) is 29.2. The third-order valence-corrected chi connectivity index (χ3v) is 5.76. The van der Waals surface area contributed by atoms with E-state index >= 15 is 0 Å². The Kier molecular flexibility index (Phi) is 8.80. The summed E-state index contributed by atoms with van der Waals surface area (Å²) >= 11 is 6.01. The van der Waals surface area contributed by atoms with Crippen molar-refractivity contribution in [2.75, 3.05) is 13.2 Å². The second-order valence-corrected chi connectivity index (χ2v) is 8.73. The van der Waals surface area contributed by atoms with Gasteiger partial charge in [-0.15, -0.1) is 0 Å². The molecule has 38 heavy (non-hydrogen) atoms. The van der Waals surface area contributed by atoms with Crippen LogP contribution in [-0.4, -0.2) is 56.4 Å². The first-order valence-electron chi connectivity index (χ1n) is 11.8. The molecule has 4 rings (SSSR count). The number of esters is 1. The number of benzene rings is 2. The number of pyridine rings is 1. The fraction of sp³-hybridized carbons (Fsp3) is 0.185. The molecular weight excluding hydrogens is 513 g/mol. The molecule has 0 aliphatic rings. The second kappa shape index (κ2) is 12.4. The first kappa shape index (κ1) is 26.9. The molecule has 4 aromatic rings. The van der Waals surface area contributed by atoms with Crippen molar-refractivity contribution in [1.29, 1.82) is 0 Å². The fourth-order valence-corrected chi connectivity index (χ4v) is 3.86. The van der Waals surface area contributed by atoms with E-state index in [-0.39, 0.29) is 25.4 Å². The summed E-state index contributed by atoms with van der Waals surface area (Å²) in [6.07, 6.45) is 0.120. The van der Waals surface area contributed by atoms with Crippen LogP contribution < -0.4 is 5.43 Å². The highest BCUT2D eigenvalue weighted by Crippen LogP contribution is 2.26. The highest BCUT2D eigenvalue weighted by Gasteiger charge is 2.23. The molecule has 2 heterocycles. The van der Waals surface area contributed by atoms with Crippen LogP contribution in [-0.2, 0) is 16.1 Å². The lowest BCUT2D eigenvalue weighted by Gasteiger charge is -2.25. The minimum absolute atomic E-state index is 0.105. The lowest BCUT2D eigenvalue weighted by atomic mass is 10.0. The van der Waals surface area contributed by atoms with Gasteiger partial charge in [0.05, 0.1) is 18.8 Å². The van der Waals surface area contributed by atoms with Gasteiger partial charge >= 0.3 is 5.97 Å². The second-order valence-electron chi connectivity index (χ2n) is 8.29. The Labute approximate surface area is 223 Å². The van der Waals surface area contributed by atoms with Gasteiger partial charge in [-0.1, -0.05) is 41.9 Å². The first-order chi connectivity index (χ1) is 18.3. The molecule has 9 nitrogen and oxygen atoms in total. The van der Waals surface area contributed by atoms with E-state index in [1.807, 2.05) is 0 Å². The zero-order valence-corrected chi connectivity index (χ0v) is 21.2. The van der Waals surface area contributed by atoms with Gasteiger partial charge in [0.1, 0.15) is 17.2 Å². The van der Waals surface area contributed by atoms with Crippen molar-refractivity contribution < 1.29 is 23.8 Å². The number of carbonyl (C=O) groups is 2. The number of hydrazine groups is 1. The maximum atomic E-state index is 14.3. The van der Waals surface area contributed by atoms with Crippen molar-refractivity contribution in [3.8, 4) is 22.5 Å². The van der Waals surface area contributed by atoms with Crippen LogP contribution in [0.3, 0.4) is 0 Å². The van der Waals surface area contributed by atoms with E-state index in [1.54, 1.807) is 61.7 Å². The number of ether oxygens (including phenoxy) is 1. The Morgan fingerprint density at radius 3 is 2.63 bits per heavy atom. The Hall–Kier alpha value is -4.12. The summed E-state index contributed by atoms with van der Waals surface area (Å²) in [5.74, 6) is -1.75. The quantitative estimate of drug-likeness (QED) is 0.206. The molecule has 0 bridgehead atoms. The van der Waals surface area contributed by atoms with Gasteiger partial charge in [0.25, 0.3) is 5.91 Å². The van der Waals surface area contributed by atoms with Gasteiger partial charge in [-0.3, -0.25) is 20.3 Å². The van der Waals surface area contributed by atoms with Crippen molar-refractivity contribution in [3.63, 3.8) is 0 Å². The van der Waals surface area contributed by atoms with Gasteiger partial charge in [0, 0.05) is 23.3 Å². The molecule has 0 unspecified atom stereocenters. The summed E-state index contributed by atoms with van der Waals surface area (Å²) < 4.78 is 19.1. The monoisotopic (exact) mass is 537 g/mol. The topological polar surface area (TPSA) is 120 Å². The van der Waals surface area contributed by atoms with Crippen LogP contribution in [0, 0.1) is 5.82 Å². The number of aliphatic hydroxyl groups is 1. The number of H-pyrrole nitrogens is 1. The van der Waals surface area contributed by atoms with Gasteiger partial charge in [0.15, 0.2) is 6.10 Å².